The molecule has 0 spiro atoms. The minimum absolute atomic E-state index is 0.730. The van der Waals surface area contributed by atoms with E-state index in [0.717, 1.165) is 5.92 Å². The third-order valence-corrected chi connectivity index (χ3v) is 2.12. The number of allylic oxidation sites excluding steroid dienone is 3. The first kappa shape index (κ1) is 26.1. The highest BCUT2D eigenvalue weighted by molar-refractivity contribution is 5.12. The first-order valence-corrected chi connectivity index (χ1v) is 7.99. The highest BCUT2D eigenvalue weighted by Crippen LogP contribution is 2.18. The van der Waals surface area contributed by atoms with E-state index in [4.69, 9.17) is 0 Å². The number of rotatable bonds is 5. The Balaban J connectivity index is -0.000000118. The molecular formula is C18H40. The van der Waals surface area contributed by atoms with E-state index in [2.05, 4.69) is 47.3 Å². The first-order valence-electron chi connectivity index (χ1n) is 7.99. The van der Waals surface area contributed by atoms with Gasteiger partial charge in [-0.05, 0) is 18.8 Å². The summed E-state index contributed by atoms with van der Waals surface area (Å²) in [6.45, 7) is 22.7. The lowest BCUT2D eigenvalue weighted by molar-refractivity contribution is 0.618. The molecule has 0 fully saturated rings. The van der Waals surface area contributed by atoms with Gasteiger partial charge >= 0.3 is 0 Å². The summed E-state index contributed by atoms with van der Waals surface area (Å²) in [4.78, 5) is 0. The molecular weight excluding hydrogens is 216 g/mol. The van der Waals surface area contributed by atoms with E-state index in [-0.39, 0.29) is 0 Å². The largest absolute Gasteiger partial charge is 0.0991 e. The van der Waals surface area contributed by atoms with Crippen LogP contribution in [0.4, 0.5) is 0 Å². The molecule has 0 aromatic heterocycles. The van der Waals surface area contributed by atoms with Gasteiger partial charge in [-0.15, -0.1) is 0 Å². The molecule has 0 N–H and O–H groups in total. The highest BCUT2D eigenvalue weighted by Gasteiger charge is 2.03. The van der Waals surface area contributed by atoms with Gasteiger partial charge in [0.25, 0.3) is 0 Å². The summed E-state index contributed by atoms with van der Waals surface area (Å²) in [6, 6.07) is 0. The number of hydrogen-bond donors (Lipinski definition) is 0. The fourth-order valence-electron chi connectivity index (χ4n) is 1.20. The Morgan fingerprint density at radius 1 is 1.00 bits per heavy atom. The summed E-state index contributed by atoms with van der Waals surface area (Å²) in [5.74, 6) is 0.730. The van der Waals surface area contributed by atoms with Crippen LogP contribution in [-0.2, 0) is 0 Å². The Morgan fingerprint density at radius 3 is 1.61 bits per heavy atom. The fraction of sp³-hybridized carbons (Fsp3) is 0.778. The molecule has 0 rings (SSSR count). The maximum atomic E-state index is 3.72. The molecule has 0 amide bonds. The quantitative estimate of drug-likeness (QED) is 0.449. The van der Waals surface area contributed by atoms with Gasteiger partial charge in [-0.25, -0.2) is 0 Å². The van der Waals surface area contributed by atoms with Gasteiger partial charge < -0.3 is 0 Å². The van der Waals surface area contributed by atoms with Gasteiger partial charge in [0.15, 0.2) is 0 Å². The predicted molar refractivity (Wildman–Crippen MR) is 91.3 cm³/mol. The summed E-state index contributed by atoms with van der Waals surface area (Å²) in [7, 11) is 0. The molecule has 0 unspecified atom stereocenters. The first-order chi connectivity index (χ1) is 8.67. The Bertz CT molecular complexity index is 142. The van der Waals surface area contributed by atoms with E-state index in [1.165, 1.54) is 25.7 Å². The molecule has 0 saturated carbocycles. The molecule has 1 atom stereocenters. The van der Waals surface area contributed by atoms with Crippen LogP contribution in [0.25, 0.3) is 0 Å². The van der Waals surface area contributed by atoms with Crippen molar-refractivity contribution in [3.63, 3.8) is 0 Å². The third-order valence-electron chi connectivity index (χ3n) is 2.12. The standard InChI is InChI=1S/C11H20.C3H8.2C2H6/c1-5-8-11(9-6-2)10(4)7-3;1-3-2;2*1-2/h5,8,10H,1,6-7,9H2,2-4H3;3H2,1-2H3;2*1-2H3/b11-8-;;;/t10-;;;/m0.../s1. The second-order valence-electron chi connectivity index (χ2n) is 3.74. The topological polar surface area (TPSA) is 0 Å². The van der Waals surface area contributed by atoms with Gasteiger partial charge in [-0.1, -0.05) is 99.5 Å². The molecule has 0 saturated heterocycles. The fourth-order valence-corrected chi connectivity index (χ4v) is 1.20. The van der Waals surface area contributed by atoms with E-state index < -0.39 is 0 Å². The van der Waals surface area contributed by atoms with E-state index in [1.807, 2.05) is 33.8 Å². The van der Waals surface area contributed by atoms with Gasteiger partial charge in [0.1, 0.15) is 0 Å². The van der Waals surface area contributed by atoms with Crippen molar-refractivity contribution in [3.8, 4) is 0 Å². The molecule has 0 aromatic carbocycles. The van der Waals surface area contributed by atoms with Gasteiger partial charge in [0.05, 0.1) is 0 Å². The normalized spacial score (nSPS) is 10.6. The maximum Gasteiger partial charge on any atom is -0.0231 e. The summed E-state index contributed by atoms with van der Waals surface area (Å²) < 4.78 is 0. The molecule has 0 aliphatic heterocycles. The number of hydrogen-bond acceptors (Lipinski definition) is 0. The molecule has 0 aliphatic carbocycles. The van der Waals surface area contributed by atoms with E-state index in [9.17, 15) is 0 Å². The lowest BCUT2D eigenvalue weighted by Gasteiger charge is -2.12. The van der Waals surface area contributed by atoms with Crippen LogP contribution in [0.3, 0.4) is 0 Å². The van der Waals surface area contributed by atoms with Crippen molar-refractivity contribution < 1.29 is 0 Å². The van der Waals surface area contributed by atoms with Crippen LogP contribution in [0.2, 0.25) is 0 Å². The Kier molecular flexibility index (Phi) is 43.5. The van der Waals surface area contributed by atoms with Gasteiger partial charge in [0, 0.05) is 0 Å². The van der Waals surface area contributed by atoms with Crippen LogP contribution in [0.5, 0.6) is 0 Å². The minimum Gasteiger partial charge on any atom is -0.0991 e. The average molecular weight is 257 g/mol. The second-order valence-corrected chi connectivity index (χ2v) is 3.74. The van der Waals surface area contributed by atoms with Crippen LogP contribution in [-0.4, -0.2) is 0 Å². The van der Waals surface area contributed by atoms with Gasteiger partial charge in [-0.2, -0.15) is 0 Å². The lowest BCUT2D eigenvalue weighted by atomic mass is 9.94. The van der Waals surface area contributed by atoms with Crippen molar-refractivity contribution in [2.75, 3.05) is 0 Å². The monoisotopic (exact) mass is 256 g/mol. The molecule has 0 aliphatic rings. The zero-order valence-corrected chi connectivity index (χ0v) is 14.8. The zero-order valence-electron chi connectivity index (χ0n) is 14.8. The van der Waals surface area contributed by atoms with Crippen LogP contribution in [0.1, 0.15) is 88.0 Å². The van der Waals surface area contributed by atoms with Crippen molar-refractivity contribution in [2.45, 2.75) is 88.0 Å². The van der Waals surface area contributed by atoms with Crippen molar-refractivity contribution >= 4 is 0 Å². The van der Waals surface area contributed by atoms with E-state index in [1.54, 1.807) is 5.57 Å². The van der Waals surface area contributed by atoms with Gasteiger partial charge in [0.2, 0.25) is 0 Å². The molecule has 0 aromatic rings. The Morgan fingerprint density at radius 2 is 1.39 bits per heavy atom. The van der Waals surface area contributed by atoms with Crippen molar-refractivity contribution in [1.82, 2.24) is 0 Å². The molecule has 0 heterocycles. The zero-order chi connectivity index (χ0) is 15.4. The van der Waals surface area contributed by atoms with Crippen molar-refractivity contribution in [3.05, 3.63) is 24.3 Å². The summed E-state index contributed by atoms with van der Waals surface area (Å²) in [6.07, 6.45) is 9.01. The summed E-state index contributed by atoms with van der Waals surface area (Å²) >= 11 is 0. The summed E-state index contributed by atoms with van der Waals surface area (Å²) in [5.41, 5.74) is 1.55. The molecule has 0 nitrogen and oxygen atoms in total. The van der Waals surface area contributed by atoms with Crippen LogP contribution >= 0.6 is 0 Å². The maximum absolute atomic E-state index is 3.72. The summed E-state index contributed by atoms with van der Waals surface area (Å²) in [5, 5.41) is 0. The van der Waals surface area contributed by atoms with Crippen molar-refractivity contribution in [1.29, 1.82) is 0 Å². The smallest absolute Gasteiger partial charge is 0.0231 e. The highest BCUT2D eigenvalue weighted by atomic mass is 14.1. The SMILES string of the molecule is C=C/C=C(/CCC)[C@@H](C)CC.CC.CC.CCC. The Hall–Kier alpha value is -0.520. The van der Waals surface area contributed by atoms with Crippen LogP contribution < -0.4 is 0 Å². The Labute approximate surface area is 119 Å². The van der Waals surface area contributed by atoms with Crippen LogP contribution in [0.15, 0.2) is 24.3 Å². The average Bonchev–Trinajstić information content (AvgIpc) is 2.43. The van der Waals surface area contributed by atoms with Crippen molar-refractivity contribution in [2.24, 2.45) is 5.92 Å². The van der Waals surface area contributed by atoms with Gasteiger partial charge in [-0.3, -0.25) is 0 Å². The molecule has 0 radical (unpaired) electrons. The second kappa shape index (κ2) is 30.0. The minimum atomic E-state index is 0.730. The molecule has 112 valence electrons. The molecule has 0 heteroatoms. The van der Waals surface area contributed by atoms with E-state index in [0.29, 0.717) is 0 Å². The lowest BCUT2D eigenvalue weighted by Crippen LogP contribution is -1.96. The van der Waals surface area contributed by atoms with Crippen LogP contribution in [0, 0.1) is 5.92 Å². The van der Waals surface area contributed by atoms with E-state index >= 15 is 0 Å². The third kappa shape index (κ3) is 24.6. The molecule has 18 heavy (non-hydrogen) atoms. The molecule has 0 bridgehead atoms. The predicted octanol–water partition coefficient (Wildman–Crippen LogP) is 7.41.